The molecule has 1 atom stereocenters. The van der Waals surface area contributed by atoms with Gasteiger partial charge in [-0.3, -0.25) is 9.59 Å². The molecule has 0 radical (unpaired) electrons. The molecule has 1 aromatic carbocycles. The third-order valence-electron chi connectivity index (χ3n) is 4.24. The van der Waals surface area contributed by atoms with Crippen LogP contribution < -0.4 is 4.72 Å². The van der Waals surface area contributed by atoms with Gasteiger partial charge in [-0.25, -0.2) is 13.1 Å². The highest BCUT2D eigenvalue weighted by Gasteiger charge is 2.26. The van der Waals surface area contributed by atoms with Crippen LogP contribution in [-0.2, 0) is 19.6 Å². The van der Waals surface area contributed by atoms with Crippen LogP contribution in [0.4, 0.5) is 0 Å². The van der Waals surface area contributed by atoms with Crippen LogP contribution in [0.1, 0.15) is 18.1 Å². The van der Waals surface area contributed by atoms with Gasteiger partial charge in [0.2, 0.25) is 15.9 Å². The van der Waals surface area contributed by atoms with Crippen LogP contribution in [0.25, 0.3) is 6.08 Å². The highest BCUT2D eigenvalue weighted by atomic mass is 32.2. The number of nitrogens with zero attached hydrogens (tertiary/aromatic N) is 2. The van der Waals surface area contributed by atoms with Crippen molar-refractivity contribution >= 4 is 27.9 Å². The number of nitrogens with one attached hydrogen (secondary N) is 1. The molecule has 1 unspecified atom stereocenters. The topological polar surface area (TPSA) is 107 Å². The third kappa shape index (κ3) is 6.46. The van der Waals surface area contributed by atoms with E-state index in [4.69, 9.17) is 0 Å². The second-order valence-corrected chi connectivity index (χ2v) is 8.11. The molecule has 1 aromatic rings. The van der Waals surface area contributed by atoms with Crippen LogP contribution in [0.2, 0.25) is 0 Å². The summed E-state index contributed by atoms with van der Waals surface area (Å²) in [6.07, 6.45) is 0.395. The van der Waals surface area contributed by atoms with Gasteiger partial charge in [-0.2, -0.15) is 0 Å². The fourth-order valence-corrected chi connectivity index (χ4v) is 3.37. The molecule has 8 nitrogen and oxygen atoms in total. The molecule has 9 heteroatoms. The van der Waals surface area contributed by atoms with E-state index in [-0.39, 0.29) is 18.4 Å². The van der Waals surface area contributed by atoms with Gasteiger partial charge in [0.15, 0.2) is 0 Å². The van der Waals surface area contributed by atoms with Crippen molar-refractivity contribution < 1.29 is 23.1 Å². The molecule has 1 aliphatic rings. The first-order valence-electron chi connectivity index (χ1n) is 8.67. The molecule has 0 aliphatic carbocycles. The summed E-state index contributed by atoms with van der Waals surface area (Å²) in [7, 11) is -3.73. The second kappa shape index (κ2) is 9.12. The zero-order chi connectivity index (χ0) is 20.0. The molecule has 0 spiro atoms. The van der Waals surface area contributed by atoms with E-state index in [1.165, 1.54) is 22.8 Å². The van der Waals surface area contributed by atoms with Crippen molar-refractivity contribution in [2.75, 3.05) is 32.7 Å². The van der Waals surface area contributed by atoms with Crippen molar-refractivity contribution in [3.63, 3.8) is 0 Å². The minimum absolute atomic E-state index is 0.304. The van der Waals surface area contributed by atoms with E-state index >= 15 is 0 Å². The van der Waals surface area contributed by atoms with E-state index in [0.29, 0.717) is 26.2 Å². The van der Waals surface area contributed by atoms with E-state index in [0.717, 1.165) is 16.5 Å². The van der Waals surface area contributed by atoms with Crippen molar-refractivity contribution in [3.8, 4) is 0 Å². The minimum Gasteiger partial charge on any atom is -0.384 e. The molecular weight excluding hydrogens is 370 g/mol. The second-order valence-electron chi connectivity index (χ2n) is 6.46. The molecule has 1 fully saturated rings. The normalized spacial score (nSPS) is 16.6. The Morgan fingerprint density at radius 1 is 1.15 bits per heavy atom. The first-order valence-corrected chi connectivity index (χ1v) is 10.2. The lowest BCUT2D eigenvalue weighted by Crippen LogP contribution is -2.54. The number of aliphatic hydroxyl groups excluding tert-OH is 1. The van der Waals surface area contributed by atoms with Crippen molar-refractivity contribution in [2.24, 2.45) is 0 Å². The van der Waals surface area contributed by atoms with Gasteiger partial charge in [0.25, 0.3) is 5.91 Å². The van der Waals surface area contributed by atoms with E-state index in [2.05, 4.69) is 4.72 Å². The molecule has 27 heavy (non-hydrogen) atoms. The summed E-state index contributed by atoms with van der Waals surface area (Å²) < 4.78 is 26.3. The number of piperazine rings is 1. The average molecular weight is 395 g/mol. The number of amides is 2. The van der Waals surface area contributed by atoms with Gasteiger partial charge in [0.05, 0.1) is 6.54 Å². The summed E-state index contributed by atoms with van der Waals surface area (Å²) in [4.78, 5) is 26.9. The smallest absolute Gasteiger partial charge is 0.251 e. The lowest BCUT2D eigenvalue weighted by atomic mass is 10.2. The zero-order valence-corrected chi connectivity index (χ0v) is 16.3. The molecule has 1 saturated heterocycles. The monoisotopic (exact) mass is 395 g/mol. The molecule has 1 heterocycles. The number of carbonyl (C=O) groups is 2. The summed E-state index contributed by atoms with van der Waals surface area (Å²) in [5, 5.41) is 10.3. The van der Waals surface area contributed by atoms with Crippen LogP contribution in [0, 0.1) is 6.92 Å². The number of aryl methyl sites for hydroxylation is 1. The van der Waals surface area contributed by atoms with Crippen LogP contribution >= 0.6 is 0 Å². The Morgan fingerprint density at radius 3 is 2.26 bits per heavy atom. The summed E-state index contributed by atoms with van der Waals surface area (Å²) >= 11 is 0. The van der Waals surface area contributed by atoms with Gasteiger partial charge in [-0.15, -0.1) is 0 Å². The van der Waals surface area contributed by atoms with Gasteiger partial charge in [-0.1, -0.05) is 29.8 Å². The Morgan fingerprint density at radius 2 is 1.70 bits per heavy atom. The molecule has 2 N–H and O–H groups in total. The van der Waals surface area contributed by atoms with Crippen LogP contribution in [0.15, 0.2) is 29.7 Å². The summed E-state index contributed by atoms with van der Waals surface area (Å²) in [5.41, 5.74) is 1.82. The van der Waals surface area contributed by atoms with Crippen molar-refractivity contribution in [1.29, 1.82) is 0 Å². The standard InChI is InChI=1S/C18H25N3O5S/c1-14-3-5-16(6-4-14)7-12-27(25,26)19-13-17(23)20-8-10-21(11-9-20)18(24)15(2)22/h3-7,12,15,19,22H,8-11,13H2,1-2H3/b12-7+. The van der Waals surface area contributed by atoms with E-state index in [1.807, 2.05) is 19.1 Å². The molecular formula is C18H25N3O5S. The quantitative estimate of drug-likeness (QED) is 0.702. The average Bonchev–Trinajstić information content (AvgIpc) is 2.65. The molecule has 0 bridgehead atoms. The van der Waals surface area contributed by atoms with E-state index < -0.39 is 16.1 Å². The fraction of sp³-hybridized carbons (Fsp3) is 0.444. The van der Waals surface area contributed by atoms with Gasteiger partial charge >= 0.3 is 0 Å². The molecule has 148 valence electrons. The first kappa shape index (κ1) is 21.1. The fourth-order valence-electron chi connectivity index (χ4n) is 2.61. The Labute approximate surface area is 159 Å². The van der Waals surface area contributed by atoms with Crippen molar-refractivity contribution in [1.82, 2.24) is 14.5 Å². The molecule has 1 aliphatic heterocycles. The number of carbonyl (C=O) groups excluding carboxylic acids is 2. The van der Waals surface area contributed by atoms with Crippen molar-refractivity contribution in [2.45, 2.75) is 20.0 Å². The summed E-state index contributed by atoms with van der Waals surface area (Å²) in [5.74, 6) is -0.726. The van der Waals surface area contributed by atoms with E-state index in [9.17, 15) is 23.1 Å². The van der Waals surface area contributed by atoms with Gasteiger partial charge in [0, 0.05) is 31.6 Å². The maximum absolute atomic E-state index is 12.2. The largest absolute Gasteiger partial charge is 0.384 e. The van der Waals surface area contributed by atoms with Crippen LogP contribution in [0.3, 0.4) is 0 Å². The number of aliphatic hydroxyl groups is 1. The van der Waals surface area contributed by atoms with Gasteiger partial charge < -0.3 is 14.9 Å². The van der Waals surface area contributed by atoms with Gasteiger partial charge in [0.1, 0.15) is 6.10 Å². The van der Waals surface area contributed by atoms with Crippen LogP contribution in [0.5, 0.6) is 0 Å². The number of benzene rings is 1. The lowest BCUT2D eigenvalue weighted by Gasteiger charge is -2.35. The molecule has 2 amide bonds. The zero-order valence-electron chi connectivity index (χ0n) is 15.5. The Kier molecular flexibility index (Phi) is 7.11. The SMILES string of the molecule is Cc1ccc(/C=C/S(=O)(=O)NCC(=O)N2CCN(C(=O)C(C)O)CC2)cc1. The van der Waals surface area contributed by atoms with Crippen LogP contribution in [-0.4, -0.2) is 74.0 Å². The number of hydrogen-bond donors (Lipinski definition) is 2. The number of sulfonamides is 1. The van der Waals surface area contributed by atoms with E-state index in [1.54, 1.807) is 12.1 Å². The first-order chi connectivity index (χ1) is 12.7. The van der Waals surface area contributed by atoms with Gasteiger partial charge in [-0.05, 0) is 25.5 Å². The third-order valence-corrected chi connectivity index (χ3v) is 5.28. The predicted molar refractivity (Wildman–Crippen MR) is 102 cm³/mol. The maximum atomic E-state index is 12.2. The predicted octanol–water partition coefficient (Wildman–Crippen LogP) is -0.0633. The van der Waals surface area contributed by atoms with Crippen molar-refractivity contribution in [3.05, 3.63) is 40.8 Å². The number of hydrogen-bond acceptors (Lipinski definition) is 5. The Bertz CT molecular complexity index is 795. The Hall–Kier alpha value is -2.23. The highest BCUT2D eigenvalue weighted by Crippen LogP contribution is 2.07. The molecule has 0 saturated carbocycles. The highest BCUT2D eigenvalue weighted by molar-refractivity contribution is 7.92. The minimum atomic E-state index is -3.73. The summed E-state index contributed by atoms with van der Waals surface area (Å²) in [6.45, 7) is 4.24. The molecule has 2 rings (SSSR count). The lowest BCUT2D eigenvalue weighted by molar-refractivity contribution is -0.144. The summed E-state index contributed by atoms with van der Waals surface area (Å²) in [6, 6.07) is 7.37. The molecule has 0 aromatic heterocycles. The maximum Gasteiger partial charge on any atom is 0.251 e. The Balaban J connectivity index is 1.82. The number of rotatable bonds is 6.